The molecular weight excluding hydrogens is 318 g/mol. The summed E-state index contributed by atoms with van der Waals surface area (Å²) < 4.78 is 1.81. The first-order valence-electron chi connectivity index (χ1n) is 8.73. The van der Waals surface area contributed by atoms with Crippen LogP contribution in [0.15, 0.2) is 42.7 Å². The fraction of sp³-hybridized carbons (Fsp3) is 0.421. The van der Waals surface area contributed by atoms with Gasteiger partial charge in [0.15, 0.2) is 0 Å². The zero-order valence-electron chi connectivity index (χ0n) is 13.9. The van der Waals surface area contributed by atoms with Crippen molar-refractivity contribution in [2.24, 2.45) is 17.8 Å². The molecule has 1 N–H and O–H groups in total. The molecule has 6 nitrogen and oxygen atoms in total. The van der Waals surface area contributed by atoms with Crippen LogP contribution in [0, 0.1) is 17.8 Å². The minimum atomic E-state index is -0.711. The van der Waals surface area contributed by atoms with Crippen LogP contribution in [0.1, 0.15) is 18.4 Å². The number of nitrogens with zero attached hydrogens (tertiary/aromatic N) is 3. The van der Waals surface area contributed by atoms with E-state index in [9.17, 15) is 9.59 Å². The van der Waals surface area contributed by atoms with Crippen molar-refractivity contribution in [1.82, 2.24) is 14.7 Å². The summed E-state index contributed by atoms with van der Waals surface area (Å²) in [7, 11) is 0. The second-order valence-corrected chi connectivity index (χ2v) is 6.95. The number of aryl methyl sites for hydroxylation is 1. The first kappa shape index (κ1) is 15.9. The van der Waals surface area contributed by atoms with Crippen molar-refractivity contribution < 1.29 is 14.7 Å². The number of fused-ring (bicyclic) bond motifs is 1. The minimum absolute atomic E-state index is 0.113. The first-order valence-corrected chi connectivity index (χ1v) is 8.73. The van der Waals surface area contributed by atoms with Gasteiger partial charge < -0.3 is 10.0 Å². The molecule has 25 heavy (non-hydrogen) atoms. The number of aliphatic carboxylic acids is 1. The summed E-state index contributed by atoms with van der Waals surface area (Å²) in [6.45, 7) is 1.29. The van der Waals surface area contributed by atoms with Crippen LogP contribution in [0.25, 0.3) is 5.69 Å². The average Bonchev–Trinajstić information content (AvgIpc) is 3.17. The Bertz CT molecular complexity index is 786. The molecule has 3 atom stereocenters. The van der Waals surface area contributed by atoms with E-state index in [-0.39, 0.29) is 23.7 Å². The number of rotatable bonds is 5. The predicted octanol–water partition coefficient (Wildman–Crippen LogP) is 1.98. The molecule has 2 heterocycles. The molecule has 1 saturated carbocycles. The van der Waals surface area contributed by atoms with Gasteiger partial charge in [-0.05, 0) is 42.4 Å². The third kappa shape index (κ3) is 3.16. The van der Waals surface area contributed by atoms with Gasteiger partial charge in [0.2, 0.25) is 5.91 Å². The Balaban J connectivity index is 1.31. The normalized spacial score (nSPS) is 24.6. The van der Waals surface area contributed by atoms with E-state index >= 15 is 0 Å². The number of carboxylic acid groups (broad SMARTS) is 1. The van der Waals surface area contributed by atoms with Crippen LogP contribution in [0.4, 0.5) is 0 Å². The lowest BCUT2D eigenvalue weighted by atomic mass is 10.1. The highest BCUT2D eigenvalue weighted by Crippen LogP contribution is 2.51. The molecule has 4 rings (SSSR count). The highest BCUT2D eigenvalue weighted by atomic mass is 16.4. The number of amides is 1. The maximum absolute atomic E-state index is 12.4. The lowest BCUT2D eigenvalue weighted by molar-refractivity contribution is -0.139. The Hall–Kier alpha value is -2.63. The maximum atomic E-state index is 12.4. The number of benzene rings is 1. The molecule has 2 fully saturated rings. The SMILES string of the molecule is O=C(O)[C@@H]1[C@@H]2CCN(C(=O)CCc3cnn(-c4ccccc4)c3)C[C@@H]21. The fourth-order valence-corrected chi connectivity index (χ4v) is 3.95. The van der Waals surface area contributed by atoms with Crippen molar-refractivity contribution in [2.75, 3.05) is 13.1 Å². The summed E-state index contributed by atoms with van der Waals surface area (Å²) in [5.74, 6) is -0.386. The zero-order chi connectivity index (χ0) is 17.4. The van der Waals surface area contributed by atoms with Gasteiger partial charge in [0, 0.05) is 25.7 Å². The van der Waals surface area contributed by atoms with Crippen molar-refractivity contribution in [3.63, 3.8) is 0 Å². The van der Waals surface area contributed by atoms with Crippen LogP contribution < -0.4 is 0 Å². The van der Waals surface area contributed by atoms with Gasteiger partial charge in [-0.2, -0.15) is 5.10 Å². The van der Waals surface area contributed by atoms with Gasteiger partial charge in [-0.25, -0.2) is 4.68 Å². The number of carbonyl (C=O) groups is 2. The zero-order valence-corrected chi connectivity index (χ0v) is 13.9. The molecule has 1 saturated heterocycles. The van der Waals surface area contributed by atoms with Gasteiger partial charge in [-0.1, -0.05) is 18.2 Å². The number of aromatic nitrogens is 2. The Morgan fingerprint density at radius 2 is 2.00 bits per heavy atom. The summed E-state index contributed by atoms with van der Waals surface area (Å²) in [4.78, 5) is 25.4. The highest BCUT2D eigenvalue weighted by molar-refractivity contribution is 5.78. The Kier molecular flexibility index (Phi) is 4.03. The maximum Gasteiger partial charge on any atom is 0.307 e. The van der Waals surface area contributed by atoms with E-state index < -0.39 is 5.97 Å². The average molecular weight is 339 g/mol. The summed E-state index contributed by atoms with van der Waals surface area (Å²) in [6.07, 6.45) is 5.66. The van der Waals surface area contributed by atoms with Crippen molar-refractivity contribution in [2.45, 2.75) is 19.3 Å². The molecule has 1 aliphatic heterocycles. The van der Waals surface area contributed by atoms with Crippen molar-refractivity contribution in [3.8, 4) is 5.69 Å². The smallest absolute Gasteiger partial charge is 0.307 e. The van der Waals surface area contributed by atoms with Crippen LogP contribution >= 0.6 is 0 Å². The summed E-state index contributed by atoms with van der Waals surface area (Å²) >= 11 is 0. The molecule has 1 aromatic carbocycles. The third-order valence-electron chi connectivity index (χ3n) is 5.42. The van der Waals surface area contributed by atoms with Gasteiger partial charge in [0.25, 0.3) is 0 Å². The number of para-hydroxylation sites is 1. The molecule has 1 amide bonds. The number of piperidine rings is 1. The topological polar surface area (TPSA) is 75.4 Å². The molecule has 130 valence electrons. The number of carbonyl (C=O) groups excluding carboxylic acids is 1. The van der Waals surface area contributed by atoms with E-state index in [4.69, 9.17) is 5.11 Å². The molecule has 1 aromatic heterocycles. The van der Waals surface area contributed by atoms with E-state index in [1.54, 1.807) is 6.20 Å². The van der Waals surface area contributed by atoms with Crippen molar-refractivity contribution in [3.05, 3.63) is 48.3 Å². The van der Waals surface area contributed by atoms with Crippen LogP contribution in [0.5, 0.6) is 0 Å². The Morgan fingerprint density at radius 1 is 1.20 bits per heavy atom. The van der Waals surface area contributed by atoms with Gasteiger partial charge in [0.05, 0.1) is 17.8 Å². The van der Waals surface area contributed by atoms with Crippen LogP contribution in [-0.2, 0) is 16.0 Å². The molecule has 0 unspecified atom stereocenters. The summed E-state index contributed by atoms with van der Waals surface area (Å²) in [5, 5.41) is 13.5. The van der Waals surface area contributed by atoms with Crippen LogP contribution in [-0.4, -0.2) is 44.8 Å². The molecule has 2 aromatic rings. The standard InChI is InChI=1S/C19H21N3O3/c23-17(21-9-8-15-16(12-21)18(15)19(24)25)7-6-13-10-20-22(11-13)14-4-2-1-3-5-14/h1-5,10-11,15-16,18H,6-9,12H2,(H,24,25)/t15-,16+,18-/m1/s1. The molecular formula is C19H21N3O3. The number of likely N-dealkylation sites (tertiary alicyclic amines) is 1. The van der Waals surface area contributed by atoms with Crippen molar-refractivity contribution in [1.29, 1.82) is 0 Å². The lowest BCUT2D eigenvalue weighted by Crippen LogP contribution is -2.37. The van der Waals surface area contributed by atoms with Gasteiger partial charge in [-0.3, -0.25) is 9.59 Å². The molecule has 0 spiro atoms. The second-order valence-electron chi connectivity index (χ2n) is 6.95. The summed E-state index contributed by atoms with van der Waals surface area (Å²) in [6, 6.07) is 9.86. The van der Waals surface area contributed by atoms with E-state index in [2.05, 4.69) is 5.10 Å². The minimum Gasteiger partial charge on any atom is -0.481 e. The van der Waals surface area contributed by atoms with Crippen LogP contribution in [0.3, 0.4) is 0 Å². The summed E-state index contributed by atoms with van der Waals surface area (Å²) in [5.41, 5.74) is 2.03. The Morgan fingerprint density at radius 3 is 2.76 bits per heavy atom. The molecule has 0 radical (unpaired) electrons. The molecule has 1 aliphatic carbocycles. The number of hydrogen-bond acceptors (Lipinski definition) is 3. The predicted molar refractivity (Wildman–Crippen MR) is 91.2 cm³/mol. The van der Waals surface area contributed by atoms with Crippen molar-refractivity contribution >= 4 is 11.9 Å². The van der Waals surface area contributed by atoms with Gasteiger partial charge >= 0.3 is 5.97 Å². The van der Waals surface area contributed by atoms with Gasteiger partial charge in [-0.15, -0.1) is 0 Å². The molecule has 6 heteroatoms. The Labute approximate surface area is 146 Å². The molecule has 2 aliphatic rings. The first-order chi connectivity index (χ1) is 12.1. The quantitative estimate of drug-likeness (QED) is 0.904. The van der Waals surface area contributed by atoms with E-state index in [0.29, 0.717) is 25.9 Å². The fourth-order valence-electron chi connectivity index (χ4n) is 3.95. The number of carboxylic acids is 1. The monoisotopic (exact) mass is 339 g/mol. The van der Waals surface area contributed by atoms with E-state index in [1.165, 1.54) is 0 Å². The van der Waals surface area contributed by atoms with Gasteiger partial charge in [0.1, 0.15) is 0 Å². The van der Waals surface area contributed by atoms with E-state index in [1.807, 2.05) is 46.1 Å². The largest absolute Gasteiger partial charge is 0.481 e. The third-order valence-corrected chi connectivity index (χ3v) is 5.42. The molecule has 0 bridgehead atoms. The number of hydrogen-bond donors (Lipinski definition) is 1. The lowest BCUT2D eigenvalue weighted by Gasteiger charge is -2.26. The second kappa shape index (κ2) is 6.35. The van der Waals surface area contributed by atoms with Crippen LogP contribution in [0.2, 0.25) is 0 Å². The highest BCUT2D eigenvalue weighted by Gasteiger charge is 2.57. The van der Waals surface area contributed by atoms with E-state index in [0.717, 1.165) is 17.7 Å².